The van der Waals surface area contributed by atoms with Crippen molar-refractivity contribution in [3.05, 3.63) is 29.6 Å². The van der Waals surface area contributed by atoms with Crippen molar-refractivity contribution in [1.29, 1.82) is 0 Å². The molecule has 20 heavy (non-hydrogen) atoms. The summed E-state index contributed by atoms with van der Waals surface area (Å²) < 4.78 is 2.28. The van der Waals surface area contributed by atoms with Crippen molar-refractivity contribution in [1.82, 2.24) is 9.55 Å². The zero-order chi connectivity index (χ0) is 14.3. The highest BCUT2D eigenvalue weighted by atomic mass is 16.4. The summed E-state index contributed by atoms with van der Waals surface area (Å²) >= 11 is 0. The third kappa shape index (κ3) is 2.09. The fourth-order valence-corrected chi connectivity index (χ4v) is 3.34. The molecule has 4 nitrogen and oxygen atoms in total. The van der Waals surface area contributed by atoms with E-state index in [9.17, 15) is 9.90 Å². The number of fused-ring (bicyclic) bond motifs is 1. The highest BCUT2D eigenvalue weighted by Crippen LogP contribution is 2.37. The van der Waals surface area contributed by atoms with Gasteiger partial charge in [0.2, 0.25) is 0 Å². The Kier molecular flexibility index (Phi) is 3.24. The Bertz CT molecular complexity index is 660. The second-order valence-electron chi connectivity index (χ2n) is 5.83. The first-order chi connectivity index (χ1) is 9.60. The van der Waals surface area contributed by atoms with Gasteiger partial charge in [0.25, 0.3) is 0 Å². The van der Waals surface area contributed by atoms with E-state index in [0.717, 1.165) is 42.0 Å². The van der Waals surface area contributed by atoms with Gasteiger partial charge in [0.1, 0.15) is 5.82 Å². The lowest BCUT2D eigenvalue weighted by Gasteiger charge is -2.16. The Balaban J connectivity index is 2.16. The number of hydrogen-bond acceptors (Lipinski definition) is 2. The Hall–Kier alpha value is -1.84. The van der Waals surface area contributed by atoms with Crippen molar-refractivity contribution in [2.75, 3.05) is 0 Å². The van der Waals surface area contributed by atoms with Gasteiger partial charge in [-0.15, -0.1) is 0 Å². The van der Waals surface area contributed by atoms with Gasteiger partial charge in [0, 0.05) is 12.5 Å². The number of aromatic carboxylic acids is 1. The largest absolute Gasteiger partial charge is 0.478 e. The van der Waals surface area contributed by atoms with Gasteiger partial charge in [-0.2, -0.15) is 0 Å². The number of nitrogens with zero attached hydrogens (tertiary/aromatic N) is 2. The van der Waals surface area contributed by atoms with Gasteiger partial charge in [-0.05, 0) is 43.4 Å². The lowest BCUT2D eigenvalue weighted by Crippen LogP contribution is -2.09. The molecule has 0 amide bonds. The fourth-order valence-electron chi connectivity index (χ4n) is 3.34. The second kappa shape index (κ2) is 4.93. The van der Waals surface area contributed by atoms with Gasteiger partial charge >= 0.3 is 5.97 Å². The molecule has 4 heteroatoms. The van der Waals surface area contributed by atoms with E-state index in [1.807, 2.05) is 6.07 Å². The lowest BCUT2D eigenvalue weighted by atomic mass is 10.1. The molecular weight excluding hydrogens is 252 g/mol. The number of aryl methyl sites for hydroxylation is 1. The average molecular weight is 272 g/mol. The summed E-state index contributed by atoms with van der Waals surface area (Å²) in [6, 6.07) is 5.70. The minimum atomic E-state index is -0.877. The van der Waals surface area contributed by atoms with Crippen molar-refractivity contribution in [3.63, 3.8) is 0 Å². The van der Waals surface area contributed by atoms with Crippen LogP contribution in [0.15, 0.2) is 18.2 Å². The minimum absolute atomic E-state index is 0.340. The number of carboxylic acid groups (broad SMARTS) is 1. The molecule has 1 saturated carbocycles. The summed E-state index contributed by atoms with van der Waals surface area (Å²) in [6.07, 6.45) is 4.45. The first-order valence-corrected chi connectivity index (χ1v) is 7.34. The Labute approximate surface area is 118 Å². The molecule has 1 N–H and O–H groups in total. The van der Waals surface area contributed by atoms with Crippen molar-refractivity contribution in [2.24, 2.45) is 5.92 Å². The molecule has 2 unspecified atom stereocenters. The van der Waals surface area contributed by atoms with E-state index < -0.39 is 5.97 Å². The number of rotatable bonds is 3. The molecule has 2 atom stereocenters. The molecule has 0 radical (unpaired) electrons. The zero-order valence-corrected chi connectivity index (χ0v) is 12.0. The number of imidazole rings is 1. The molecule has 0 saturated heterocycles. The third-order valence-corrected chi connectivity index (χ3v) is 4.36. The lowest BCUT2D eigenvalue weighted by molar-refractivity contribution is 0.0697. The highest BCUT2D eigenvalue weighted by molar-refractivity contribution is 5.92. The van der Waals surface area contributed by atoms with E-state index in [1.54, 1.807) is 12.1 Å². The van der Waals surface area contributed by atoms with Crippen molar-refractivity contribution >= 4 is 17.0 Å². The number of carbonyl (C=O) groups is 1. The van der Waals surface area contributed by atoms with Crippen molar-refractivity contribution in [3.8, 4) is 0 Å². The summed E-state index contributed by atoms with van der Waals surface area (Å²) in [5.41, 5.74) is 2.22. The van der Waals surface area contributed by atoms with Crippen LogP contribution in [-0.2, 0) is 6.42 Å². The van der Waals surface area contributed by atoms with E-state index in [1.165, 1.54) is 6.42 Å². The van der Waals surface area contributed by atoms with Gasteiger partial charge in [0.05, 0.1) is 16.6 Å². The standard InChI is InChI=1S/C16H20N2O2/c1-3-15-17-13-7-5-11(16(19)20)9-14(13)18(15)12-6-4-10(2)8-12/h5,7,9-10,12H,3-4,6,8H2,1-2H3,(H,19,20). The molecule has 1 aliphatic rings. The van der Waals surface area contributed by atoms with E-state index in [2.05, 4.69) is 23.4 Å². The molecule has 0 spiro atoms. The minimum Gasteiger partial charge on any atom is -0.478 e. The van der Waals surface area contributed by atoms with Crippen LogP contribution in [0.25, 0.3) is 11.0 Å². The molecule has 1 aliphatic carbocycles. The number of hydrogen-bond donors (Lipinski definition) is 1. The van der Waals surface area contributed by atoms with Crippen LogP contribution in [0, 0.1) is 5.92 Å². The van der Waals surface area contributed by atoms with Crippen LogP contribution >= 0.6 is 0 Å². The average Bonchev–Trinajstić information content (AvgIpc) is 3.00. The predicted octanol–water partition coefficient (Wildman–Crippen LogP) is 3.66. The second-order valence-corrected chi connectivity index (χ2v) is 5.83. The molecule has 1 heterocycles. The molecule has 1 aromatic heterocycles. The predicted molar refractivity (Wildman–Crippen MR) is 78.1 cm³/mol. The van der Waals surface area contributed by atoms with E-state index >= 15 is 0 Å². The van der Waals surface area contributed by atoms with Crippen LogP contribution in [0.5, 0.6) is 0 Å². The molecule has 0 aliphatic heterocycles. The van der Waals surface area contributed by atoms with Crippen LogP contribution in [0.4, 0.5) is 0 Å². The quantitative estimate of drug-likeness (QED) is 0.927. The van der Waals surface area contributed by atoms with Crippen molar-refractivity contribution in [2.45, 2.75) is 45.6 Å². The molecule has 3 rings (SSSR count). The zero-order valence-electron chi connectivity index (χ0n) is 12.0. The van der Waals surface area contributed by atoms with Gasteiger partial charge in [0.15, 0.2) is 0 Å². The first-order valence-electron chi connectivity index (χ1n) is 7.34. The van der Waals surface area contributed by atoms with Gasteiger partial charge in [-0.25, -0.2) is 9.78 Å². The molecule has 1 aromatic carbocycles. The van der Waals surface area contributed by atoms with Crippen LogP contribution in [-0.4, -0.2) is 20.6 Å². The highest BCUT2D eigenvalue weighted by Gasteiger charge is 2.26. The van der Waals surface area contributed by atoms with E-state index in [4.69, 9.17) is 0 Å². The van der Waals surface area contributed by atoms with E-state index in [0.29, 0.717) is 11.6 Å². The normalized spacial score (nSPS) is 22.5. The topological polar surface area (TPSA) is 55.1 Å². The summed E-state index contributed by atoms with van der Waals surface area (Å²) in [5, 5.41) is 9.18. The summed E-state index contributed by atoms with van der Waals surface area (Å²) in [6.45, 7) is 4.39. The maximum absolute atomic E-state index is 11.2. The summed E-state index contributed by atoms with van der Waals surface area (Å²) in [7, 11) is 0. The van der Waals surface area contributed by atoms with Gasteiger partial charge < -0.3 is 9.67 Å². The summed E-state index contributed by atoms with van der Waals surface area (Å²) in [4.78, 5) is 15.8. The third-order valence-electron chi connectivity index (χ3n) is 4.36. The molecule has 0 bridgehead atoms. The van der Waals surface area contributed by atoms with Crippen LogP contribution < -0.4 is 0 Å². The number of benzene rings is 1. The Morgan fingerprint density at radius 3 is 2.85 bits per heavy atom. The van der Waals surface area contributed by atoms with Crippen LogP contribution in [0.1, 0.15) is 55.3 Å². The van der Waals surface area contributed by atoms with Crippen molar-refractivity contribution < 1.29 is 9.90 Å². The fraction of sp³-hybridized carbons (Fsp3) is 0.500. The smallest absolute Gasteiger partial charge is 0.335 e. The van der Waals surface area contributed by atoms with Gasteiger partial charge in [-0.3, -0.25) is 0 Å². The molecule has 1 fully saturated rings. The monoisotopic (exact) mass is 272 g/mol. The molecule has 106 valence electrons. The Morgan fingerprint density at radius 2 is 2.25 bits per heavy atom. The number of carboxylic acids is 1. The molecular formula is C16H20N2O2. The van der Waals surface area contributed by atoms with Crippen LogP contribution in [0.2, 0.25) is 0 Å². The number of aromatic nitrogens is 2. The molecule has 2 aromatic rings. The maximum atomic E-state index is 11.2. The van der Waals surface area contributed by atoms with E-state index in [-0.39, 0.29) is 0 Å². The summed E-state index contributed by atoms with van der Waals surface area (Å²) in [5.74, 6) is 0.934. The SMILES string of the molecule is CCc1nc2ccc(C(=O)O)cc2n1C1CCC(C)C1. The maximum Gasteiger partial charge on any atom is 0.335 e. The first kappa shape index (κ1) is 13.2. The van der Waals surface area contributed by atoms with Gasteiger partial charge in [-0.1, -0.05) is 13.8 Å². The Morgan fingerprint density at radius 1 is 1.45 bits per heavy atom. The van der Waals surface area contributed by atoms with Crippen LogP contribution in [0.3, 0.4) is 0 Å².